The van der Waals surface area contributed by atoms with Crippen molar-refractivity contribution in [3.63, 3.8) is 0 Å². The fraction of sp³-hybridized carbons (Fsp3) is 0.467. The standard InChI is InChI=1S/C15H20O3/c1-3-4-8-15(18-13(2)16)10-6-5-9-14-11-7-12-17-14/h4,7,11-12H,3,5-6,9-10H2,1-2H3. The van der Waals surface area contributed by atoms with E-state index < -0.39 is 0 Å². The topological polar surface area (TPSA) is 39.4 Å². The van der Waals surface area contributed by atoms with Gasteiger partial charge in [-0.05, 0) is 37.5 Å². The number of carbonyl (C=O) groups is 1. The van der Waals surface area contributed by atoms with Crippen LogP contribution in [-0.4, -0.2) is 5.97 Å². The SMILES string of the molecule is CCC=C=C(CCCCc1ccco1)OC(C)=O. The summed E-state index contributed by atoms with van der Waals surface area (Å²) in [5, 5.41) is 0. The van der Waals surface area contributed by atoms with Crippen molar-refractivity contribution in [2.24, 2.45) is 0 Å². The first kappa shape index (κ1) is 14.3. The van der Waals surface area contributed by atoms with Gasteiger partial charge in [0.1, 0.15) is 11.5 Å². The molecule has 1 aromatic rings. The number of ether oxygens (including phenoxy) is 1. The summed E-state index contributed by atoms with van der Waals surface area (Å²) in [4.78, 5) is 10.9. The number of carbonyl (C=O) groups excluding carboxylic acids is 1. The van der Waals surface area contributed by atoms with Crippen molar-refractivity contribution in [3.8, 4) is 0 Å². The Kier molecular flexibility index (Phi) is 6.67. The highest BCUT2D eigenvalue weighted by atomic mass is 16.5. The van der Waals surface area contributed by atoms with E-state index in [2.05, 4.69) is 5.73 Å². The molecule has 0 N–H and O–H groups in total. The Bertz CT molecular complexity index is 409. The molecule has 0 aliphatic carbocycles. The average molecular weight is 248 g/mol. The van der Waals surface area contributed by atoms with Gasteiger partial charge in [0.2, 0.25) is 0 Å². The predicted molar refractivity (Wildman–Crippen MR) is 69.9 cm³/mol. The lowest BCUT2D eigenvalue weighted by atomic mass is 10.1. The quantitative estimate of drug-likeness (QED) is 0.317. The molecule has 0 amide bonds. The highest BCUT2D eigenvalue weighted by Gasteiger charge is 2.02. The Balaban J connectivity index is 2.33. The molecule has 0 aromatic carbocycles. The van der Waals surface area contributed by atoms with Gasteiger partial charge < -0.3 is 9.15 Å². The molecule has 1 aromatic heterocycles. The third-order valence-corrected chi connectivity index (χ3v) is 2.39. The van der Waals surface area contributed by atoms with Crippen LogP contribution in [0.1, 0.15) is 45.3 Å². The largest absolute Gasteiger partial charge is 0.469 e. The van der Waals surface area contributed by atoms with Crippen LogP contribution in [0, 0.1) is 0 Å². The van der Waals surface area contributed by atoms with Gasteiger partial charge in [-0.15, -0.1) is 0 Å². The molecule has 1 rings (SSSR count). The summed E-state index contributed by atoms with van der Waals surface area (Å²) in [6.07, 6.45) is 8.06. The second-order valence-corrected chi connectivity index (χ2v) is 4.06. The van der Waals surface area contributed by atoms with E-state index in [1.54, 1.807) is 6.26 Å². The Morgan fingerprint density at radius 3 is 2.94 bits per heavy atom. The number of aryl methyl sites for hydroxylation is 1. The summed E-state index contributed by atoms with van der Waals surface area (Å²) in [7, 11) is 0. The Labute approximate surface area is 108 Å². The summed E-state index contributed by atoms with van der Waals surface area (Å²) in [5.41, 5.74) is 3.02. The van der Waals surface area contributed by atoms with Crippen LogP contribution in [0.15, 0.2) is 40.4 Å². The number of unbranched alkanes of at least 4 members (excludes halogenated alkanes) is 1. The molecule has 3 nitrogen and oxygen atoms in total. The smallest absolute Gasteiger partial charge is 0.308 e. The minimum absolute atomic E-state index is 0.284. The van der Waals surface area contributed by atoms with E-state index >= 15 is 0 Å². The van der Waals surface area contributed by atoms with Crippen LogP contribution in [0.3, 0.4) is 0 Å². The highest BCUT2D eigenvalue weighted by molar-refractivity contribution is 5.67. The molecule has 0 aliphatic rings. The number of rotatable bonds is 7. The number of hydrogen-bond donors (Lipinski definition) is 0. The summed E-state index contributed by atoms with van der Waals surface area (Å²) in [6, 6.07) is 3.86. The average Bonchev–Trinajstić information content (AvgIpc) is 2.83. The Hall–Kier alpha value is -1.73. The van der Waals surface area contributed by atoms with E-state index in [1.807, 2.05) is 25.1 Å². The first-order chi connectivity index (χ1) is 8.72. The van der Waals surface area contributed by atoms with Gasteiger partial charge in [-0.1, -0.05) is 12.7 Å². The molecular formula is C15H20O3. The van der Waals surface area contributed by atoms with Crippen molar-refractivity contribution in [1.29, 1.82) is 0 Å². The van der Waals surface area contributed by atoms with Crippen molar-refractivity contribution in [2.45, 2.75) is 46.0 Å². The molecule has 0 atom stereocenters. The minimum atomic E-state index is -0.284. The normalized spacial score (nSPS) is 9.67. The molecule has 0 unspecified atom stereocenters. The van der Waals surface area contributed by atoms with Crippen LogP contribution in [-0.2, 0) is 16.0 Å². The monoisotopic (exact) mass is 248 g/mol. The van der Waals surface area contributed by atoms with Crippen molar-refractivity contribution in [1.82, 2.24) is 0 Å². The lowest BCUT2D eigenvalue weighted by Gasteiger charge is -2.03. The van der Waals surface area contributed by atoms with Crippen LogP contribution < -0.4 is 0 Å². The van der Waals surface area contributed by atoms with Gasteiger partial charge in [0, 0.05) is 19.8 Å². The number of hydrogen-bond acceptors (Lipinski definition) is 3. The Morgan fingerprint density at radius 1 is 1.50 bits per heavy atom. The predicted octanol–water partition coefficient (Wildman–Crippen LogP) is 4.00. The zero-order valence-corrected chi connectivity index (χ0v) is 11.1. The van der Waals surface area contributed by atoms with Gasteiger partial charge in [0.05, 0.1) is 6.26 Å². The summed E-state index contributed by atoms with van der Waals surface area (Å²) in [6.45, 7) is 3.44. The van der Waals surface area contributed by atoms with Gasteiger partial charge in [0.15, 0.2) is 0 Å². The van der Waals surface area contributed by atoms with E-state index in [0.29, 0.717) is 5.76 Å². The van der Waals surface area contributed by atoms with Crippen molar-refractivity contribution >= 4 is 5.97 Å². The molecule has 0 radical (unpaired) electrons. The number of esters is 1. The fourth-order valence-corrected chi connectivity index (χ4v) is 1.58. The van der Waals surface area contributed by atoms with Gasteiger partial charge in [0.25, 0.3) is 0 Å². The van der Waals surface area contributed by atoms with E-state index in [4.69, 9.17) is 9.15 Å². The van der Waals surface area contributed by atoms with Gasteiger partial charge in [-0.3, -0.25) is 4.79 Å². The molecule has 1 heterocycles. The first-order valence-corrected chi connectivity index (χ1v) is 6.37. The van der Waals surface area contributed by atoms with Crippen molar-refractivity contribution < 1.29 is 13.9 Å². The third-order valence-electron chi connectivity index (χ3n) is 2.39. The lowest BCUT2D eigenvalue weighted by molar-refractivity contribution is -0.137. The second kappa shape index (κ2) is 8.37. The molecule has 0 bridgehead atoms. The maximum absolute atomic E-state index is 10.9. The minimum Gasteiger partial charge on any atom is -0.469 e. The van der Waals surface area contributed by atoms with E-state index in [0.717, 1.165) is 37.9 Å². The van der Waals surface area contributed by atoms with Crippen molar-refractivity contribution in [2.75, 3.05) is 0 Å². The Morgan fingerprint density at radius 2 is 2.33 bits per heavy atom. The first-order valence-electron chi connectivity index (χ1n) is 6.37. The van der Waals surface area contributed by atoms with Crippen LogP contribution >= 0.6 is 0 Å². The number of allylic oxidation sites excluding steroid dienone is 1. The van der Waals surface area contributed by atoms with Crippen LogP contribution in [0.5, 0.6) is 0 Å². The van der Waals surface area contributed by atoms with Crippen molar-refractivity contribution in [3.05, 3.63) is 41.7 Å². The molecule has 3 heteroatoms. The second-order valence-electron chi connectivity index (χ2n) is 4.06. The molecule has 18 heavy (non-hydrogen) atoms. The number of furan rings is 1. The molecule has 0 saturated heterocycles. The highest BCUT2D eigenvalue weighted by Crippen LogP contribution is 2.12. The lowest BCUT2D eigenvalue weighted by Crippen LogP contribution is -1.98. The molecule has 98 valence electrons. The molecule has 0 saturated carbocycles. The summed E-state index contributed by atoms with van der Waals surface area (Å²) >= 11 is 0. The fourth-order valence-electron chi connectivity index (χ4n) is 1.58. The van der Waals surface area contributed by atoms with Crippen LogP contribution in [0.25, 0.3) is 0 Å². The van der Waals surface area contributed by atoms with E-state index in [1.165, 1.54) is 6.92 Å². The van der Waals surface area contributed by atoms with Gasteiger partial charge >= 0.3 is 5.97 Å². The third kappa shape index (κ3) is 6.12. The van der Waals surface area contributed by atoms with Crippen LogP contribution in [0.4, 0.5) is 0 Å². The molecular weight excluding hydrogens is 228 g/mol. The van der Waals surface area contributed by atoms with E-state index in [9.17, 15) is 4.79 Å². The zero-order chi connectivity index (χ0) is 13.2. The van der Waals surface area contributed by atoms with Crippen LogP contribution in [0.2, 0.25) is 0 Å². The van der Waals surface area contributed by atoms with E-state index in [-0.39, 0.29) is 5.97 Å². The molecule has 0 fully saturated rings. The maximum Gasteiger partial charge on any atom is 0.308 e. The molecule has 0 spiro atoms. The van der Waals surface area contributed by atoms with Gasteiger partial charge in [-0.2, -0.15) is 0 Å². The maximum atomic E-state index is 10.9. The zero-order valence-electron chi connectivity index (χ0n) is 11.1. The summed E-state index contributed by atoms with van der Waals surface area (Å²) in [5.74, 6) is 1.34. The summed E-state index contributed by atoms with van der Waals surface area (Å²) < 4.78 is 10.4. The van der Waals surface area contributed by atoms with Gasteiger partial charge in [-0.25, -0.2) is 0 Å². The molecule has 0 aliphatic heterocycles.